The van der Waals surface area contributed by atoms with E-state index in [4.69, 9.17) is 9.47 Å². The molecule has 4 rings (SSSR count). The number of carbonyl (C=O) groups is 2. The zero-order valence-electron chi connectivity index (χ0n) is 25.4. The molecule has 0 heterocycles. The van der Waals surface area contributed by atoms with Gasteiger partial charge in [0.1, 0.15) is 29.9 Å². The molecular formula is C33H40FN3O6S. The number of halogens is 1. The van der Waals surface area contributed by atoms with E-state index in [9.17, 15) is 22.4 Å². The van der Waals surface area contributed by atoms with Gasteiger partial charge in [-0.05, 0) is 92.9 Å². The lowest BCUT2D eigenvalue weighted by Gasteiger charge is -2.33. The first kappa shape index (κ1) is 32.8. The maximum absolute atomic E-state index is 14.1. The van der Waals surface area contributed by atoms with E-state index in [-0.39, 0.29) is 29.1 Å². The van der Waals surface area contributed by atoms with E-state index in [0.717, 1.165) is 60.7 Å². The maximum atomic E-state index is 14.1. The lowest BCUT2D eigenvalue weighted by atomic mass is 9.95. The SMILES string of the molecule is CCOc1ccc(N(CC(=O)N(Cc2cccc(OC)c2)[C@@H](C)C(=O)NC2CCCCC2)S(=O)(=O)c2ccc(F)cc2)cc1. The standard InChI is InChI=1S/C33H40FN3O6S/c1-4-43-29-17-15-28(16-18-29)37(44(40,41)31-19-13-26(34)14-20-31)23-32(38)36(22-25-9-8-12-30(21-25)42-3)24(2)33(39)35-27-10-6-5-7-11-27/h8-9,12-21,24,27H,4-7,10-11,22-23H2,1-3H3,(H,35,39)/t24-/m0/s1. The molecule has 1 aliphatic carbocycles. The highest BCUT2D eigenvalue weighted by Crippen LogP contribution is 2.27. The summed E-state index contributed by atoms with van der Waals surface area (Å²) < 4.78 is 53.4. The molecular weight excluding hydrogens is 585 g/mol. The van der Waals surface area contributed by atoms with Crippen LogP contribution in [0.3, 0.4) is 0 Å². The number of ether oxygens (including phenoxy) is 2. The summed E-state index contributed by atoms with van der Waals surface area (Å²) in [5.74, 6) is -0.353. The molecule has 1 aliphatic rings. The maximum Gasteiger partial charge on any atom is 0.264 e. The fourth-order valence-electron chi connectivity index (χ4n) is 5.26. The smallest absolute Gasteiger partial charge is 0.264 e. The molecule has 0 unspecified atom stereocenters. The number of methoxy groups -OCH3 is 1. The number of hydrogen-bond acceptors (Lipinski definition) is 6. The summed E-state index contributed by atoms with van der Waals surface area (Å²) in [5.41, 5.74) is 0.927. The van der Waals surface area contributed by atoms with Gasteiger partial charge in [-0.1, -0.05) is 31.4 Å². The van der Waals surface area contributed by atoms with E-state index >= 15 is 0 Å². The number of sulfonamides is 1. The second-order valence-electron chi connectivity index (χ2n) is 10.8. The Balaban J connectivity index is 1.69. The summed E-state index contributed by atoms with van der Waals surface area (Å²) in [7, 11) is -2.78. The average Bonchev–Trinajstić information content (AvgIpc) is 3.03. The fourth-order valence-corrected chi connectivity index (χ4v) is 6.67. The molecule has 3 aromatic rings. The Kier molecular flexibility index (Phi) is 11.2. The van der Waals surface area contributed by atoms with Crippen LogP contribution in [0.5, 0.6) is 11.5 Å². The van der Waals surface area contributed by atoms with Gasteiger partial charge in [0.2, 0.25) is 11.8 Å². The normalized spacial score (nSPS) is 14.4. The molecule has 0 bridgehead atoms. The molecule has 3 aromatic carbocycles. The summed E-state index contributed by atoms with van der Waals surface area (Å²) in [6, 6.07) is 17.0. The zero-order chi connectivity index (χ0) is 31.7. The molecule has 0 aliphatic heterocycles. The number of carbonyl (C=O) groups excluding carboxylic acids is 2. The van der Waals surface area contributed by atoms with E-state index in [2.05, 4.69) is 5.32 Å². The lowest BCUT2D eigenvalue weighted by Crippen LogP contribution is -2.53. The number of amides is 2. The van der Waals surface area contributed by atoms with Crippen molar-refractivity contribution in [1.29, 1.82) is 0 Å². The Bertz CT molecular complexity index is 1510. The van der Waals surface area contributed by atoms with Crippen LogP contribution in [0.2, 0.25) is 0 Å². The number of nitrogens with one attached hydrogen (secondary N) is 1. The van der Waals surface area contributed by atoms with Gasteiger partial charge in [0.25, 0.3) is 10.0 Å². The Morgan fingerprint density at radius 1 is 0.977 bits per heavy atom. The van der Waals surface area contributed by atoms with E-state index in [1.807, 2.05) is 13.0 Å². The van der Waals surface area contributed by atoms with Gasteiger partial charge >= 0.3 is 0 Å². The van der Waals surface area contributed by atoms with Crippen molar-refractivity contribution >= 4 is 27.5 Å². The quantitative estimate of drug-likeness (QED) is 0.277. The minimum absolute atomic E-state index is 0.0340. The highest BCUT2D eigenvalue weighted by Gasteiger charge is 2.33. The van der Waals surface area contributed by atoms with Crippen molar-refractivity contribution in [2.24, 2.45) is 0 Å². The summed E-state index contributed by atoms with van der Waals surface area (Å²) in [4.78, 5) is 28.8. The van der Waals surface area contributed by atoms with Crippen LogP contribution in [-0.4, -0.2) is 57.5 Å². The predicted molar refractivity (Wildman–Crippen MR) is 167 cm³/mol. The third-order valence-corrected chi connectivity index (χ3v) is 9.51. The topological polar surface area (TPSA) is 105 Å². The minimum Gasteiger partial charge on any atom is -0.497 e. The van der Waals surface area contributed by atoms with Crippen LogP contribution in [0.4, 0.5) is 10.1 Å². The van der Waals surface area contributed by atoms with Gasteiger partial charge < -0.3 is 19.7 Å². The molecule has 1 atom stereocenters. The Morgan fingerprint density at radius 3 is 2.30 bits per heavy atom. The summed E-state index contributed by atoms with van der Waals surface area (Å²) in [6.45, 7) is 3.35. The van der Waals surface area contributed by atoms with Gasteiger partial charge in [-0.25, -0.2) is 12.8 Å². The Morgan fingerprint density at radius 2 is 1.66 bits per heavy atom. The van der Waals surface area contributed by atoms with Gasteiger partial charge in [-0.2, -0.15) is 0 Å². The average molecular weight is 626 g/mol. The van der Waals surface area contributed by atoms with Gasteiger partial charge in [0.05, 0.1) is 24.3 Å². The monoisotopic (exact) mass is 625 g/mol. The fraction of sp³-hybridized carbons (Fsp3) is 0.394. The van der Waals surface area contributed by atoms with E-state index < -0.39 is 34.3 Å². The predicted octanol–water partition coefficient (Wildman–Crippen LogP) is 5.29. The first-order valence-corrected chi connectivity index (χ1v) is 16.3. The van der Waals surface area contributed by atoms with Crippen LogP contribution >= 0.6 is 0 Å². The molecule has 0 spiro atoms. The molecule has 1 N–H and O–H groups in total. The van der Waals surface area contributed by atoms with Gasteiger partial charge in [0, 0.05) is 12.6 Å². The van der Waals surface area contributed by atoms with Gasteiger partial charge in [-0.15, -0.1) is 0 Å². The first-order chi connectivity index (χ1) is 21.1. The molecule has 9 nitrogen and oxygen atoms in total. The molecule has 0 saturated heterocycles. The van der Waals surface area contributed by atoms with Crippen LogP contribution in [0.25, 0.3) is 0 Å². The van der Waals surface area contributed by atoms with Crippen LogP contribution in [0.15, 0.2) is 77.7 Å². The third kappa shape index (κ3) is 8.28. The van der Waals surface area contributed by atoms with Crippen LogP contribution in [0, 0.1) is 5.82 Å². The highest BCUT2D eigenvalue weighted by atomic mass is 32.2. The largest absolute Gasteiger partial charge is 0.497 e. The van der Waals surface area contributed by atoms with Crippen LogP contribution < -0.4 is 19.1 Å². The van der Waals surface area contributed by atoms with Crippen LogP contribution in [0.1, 0.15) is 51.5 Å². The molecule has 1 saturated carbocycles. The van der Waals surface area contributed by atoms with Crippen molar-refractivity contribution in [2.45, 2.75) is 69.5 Å². The summed E-state index contributed by atoms with van der Waals surface area (Å²) >= 11 is 0. The molecule has 236 valence electrons. The summed E-state index contributed by atoms with van der Waals surface area (Å²) in [5, 5.41) is 3.09. The van der Waals surface area contributed by atoms with Gasteiger partial charge in [0.15, 0.2) is 0 Å². The Hall–Kier alpha value is -4.12. The molecule has 2 amide bonds. The lowest BCUT2D eigenvalue weighted by molar-refractivity contribution is -0.139. The zero-order valence-corrected chi connectivity index (χ0v) is 26.2. The van der Waals surface area contributed by atoms with Crippen LogP contribution in [-0.2, 0) is 26.2 Å². The number of hydrogen-bond donors (Lipinski definition) is 1. The van der Waals surface area contributed by atoms with Gasteiger partial charge in [-0.3, -0.25) is 13.9 Å². The highest BCUT2D eigenvalue weighted by molar-refractivity contribution is 7.92. The van der Waals surface area contributed by atoms with Crippen molar-refractivity contribution in [1.82, 2.24) is 10.2 Å². The molecule has 0 radical (unpaired) electrons. The second-order valence-corrected chi connectivity index (χ2v) is 12.6. The first-order valence-electron chi connectivity index (χ1n) is 14.9. The molecule has 11 heteroatoms. The molecule has 1 fully saturated rings. The number of nitrogens with zero attached hydrogens (tertiary/aromatic N) is 2. The van der Waals surface area contributed by atoms with E-state index in [1.165, 1.54) is 12.0 Å². The van der Waals surface area contributed by atoms with Crippen molar-refractivity contribution in [2.75, 3.05) is 24.6 Å². The minimum atomic E-state index is -4.32. The third-order valence-electron chi connectivity index (χ3n) is 7.72. The summed E-state index contributed by atoms with van der Waals surface area (Å²) in [6.07, 6.45) is 4.95. The van der Waals surface area contributed by atoms with E-state index in [0.29, 0.717) is 23.7 Å². The number of rotatable bonds is 13. The van der Waals surface area contributed by atoms with Crippen molar-refractivity contribution < 1.29 is 31.9 Å². The number of benzene rings is 3. The molecule has 0 aromatic heterocycles. The molecule has 44 heavy (non-hydrogen) atoms. The van der Waals surface area contributed by atoms with E-state index in [1.54, 1.807) is 49.4 Å². The Labute approximate surface area is 259 Å². The van der Waals surface area contributed by atoms with Crippen molar-refractivity contribution in [3.8, 4) is 11.5 Å². The number of anilines is 1. The van der Waals surface area contributed by atoms with Crippen molar-refractivity contribution in [3.63, 3.8) is 0 Å². The van der Waals surface area contributed by atoms with Crippen molar-refractivity contribution in [3.05, 3.63) is 84.2 Å². The second kappa shape index (κ2) is 15.1.